The fourth-order valence-electron chi connectivity index (χ4n) is 10.5. The molecule has 8 aromatic rings. The van der Waals surface area contributed by atoms with E-state index in [1.807, 2.05) is 34.0 Å². The molecule has 1 aliphatic heterocycles. The van der Waals surface area contributed by atoms with Crippen LogP contribution in [0.2, 0.25) is 0 Å². The molecule has 0 atom stereocenters. The van der Waals surface area contributed by atoms with Crippen LogP contribution in [0.4, 0.5) is 17.1 Å². The summed E-state index contributed by atoms with van der Waals surface area (Å²) in [5.41, 5.74) is 17.1. The molecule has 3 nitrogen and oxygen atoms in total. The zero-order valence-corrected chi connectivity index (χ0v) is 40.6. The molecule has 1 saturated heterocycles. The van der Waals surface area contributed by atoms with Gasteiger partial charge in [0.2, 0.25) is 0 Å². The van der Waals surface area contributed by atoms with Gasteiger partial charge in [-0.15, -0.1) is 34.0 Å². The molecule has 0 radical (unpaired) electrons. The third kappa shape index (κ3) is 7.12. The number of anilines is 3. The second-order valence-electron chi connectivity index (χ2n) is 20.1. The molecule has 2 aliphatic carbocycles. The van der Waals surface area contributed by atoms with E-state index in [0.717, 1.165) is 25.3 Å². The summed E-state index contributed by atoms with van der Waals surface area (Å²) in [6.07, 6.45) is 5.83. The first-order chi connectivity index (χ1) is 30.9. The van der Waals surface area contributed by atoms with Crippen molar-refractivity contribution < 1.29 is 9.47 Å². The second-order valence-corrected chi connectivity index (χ2v) is 23.3. The van der Waals surface area contributed by atoms with Crippen LogP contribution in [0, 0.1) is 5.41 Å². The number of fused-ring (bicyclic) bond motifs is 7. The summed E-state index contributed by atoms with van der Waals surface area (Å²) >= 11 is 5.66. The molecule has 0 spiro atoms. The Balaban J connectivity index is 0.966. The molecule has 0 amide bonds. The van der Waals surface area contributed by atoms with E-state index >= 15 is 0 Å². The number of nitrogens with zero attached hydrogens (tertiary/aromatic N) is 1. The minimum atomic E-state index is -0.263. The van der Waals surface area contributed by atoms with Crippen molar-refractivity contribution in [2.45, 2.75) is 97.7 Å². The van der Waals surface area contributed by atoms with Crippen LogP contribution in [0.15, 0.2) is 127 Å². The molecule has 4 heterocycles. The van der Waals surface area contributed by atoms with Gasteiger partial charge < -0.3 is 14.4 Å². The number of hydrogen-bond donors (Lipinski definition) is 0. The third-order valence-corrected chi connectivity index (χ3v) is 17.8. The van der Waals surface area contributed by atoms with E-state index in [1.165, 1.54) is 122 Å². The standard InChI is InChI=1S/C58H57NO2S3/c1-8-9-10-11-16-37-29-49(50-32-51-52(62-50)33-53(63-51)55-60-34-56(2,3)35-61-55)64-54(37)36-21-23-38(24-22-36)59(39-25-27-43-41-17-12-14-19-45(41)57(4,5)47(43)30-39)40-26-28-44-42-18-13-15-20-46(42)58(6,7)48(44)31-40/h12-15,17-33,55H,8-11,16,34-35H2,1-7H3. The van der Waals surface area contributed by atoms with Gasteiger partial charge in [0, 0.05) is 57.3 Å². The van der Waals surface area contributed by atoms with Crippen molar-refractivity contribution in [1.29, 1.82) is 0 Å². The summed E-state index contributed by atoms with van der Waals surface area (Å²) < 4.78 is 14.9. The molecule has 324 valence electrons. The number of hydrogen-bond acceptors (Lipinski definition) is 6. The highest BCUT2D eigenvalue weighted by Gasteiger charge is 2.38. The Morgan fingerprint density at radius 1 is 0.531 bits per heavy atom. The first-order valence-corrected chi connectivity index (χ1v) is 25.6. The summed E-state index contributed by atoms with van der Waals surface area (Å²) in [4.78, 5) is 7.75. The molecule has 0 N–H and O–H groups in total. The Labute approximate surface area is 391 Å². The van der Waals surface area contributed by atoms with Crippen molar-refractivity contribution in [3.05, 3.63) is 160 Å². The lowest BCUT2D eigenvalue weighted by atomic mass is 9.82. The van der Waals surface area contributed by atoms with E-state index in [2.05, 4.69) is 181 Å². The monoisotopic (exact) mass is 895 g/mol. The van der Waals surface area contributed by atoms with Gasteiger partial charge in [0.05, 0.1) is 18.1 Å². The van der Waals surface area contributed by atoms with E-state index in [9.17, 15) is 0 Å². The van der Waals surface area contributed by atoms with Crippen LogP contribution in [0.3, 0.4) is 0 Å². The van der Waals surface area contributed by atoms with Crippen molar-refractivity contribution in [2.75, 3.05) is 18.1 Å². The Bertz CT molecular complexity index is 2900. The summed E-state index contributed by atoms with van der Waals surface area (Å²) in [6.45, 7) is 17.6. The van der Waals surface area contributed by atoms with Gasteiger partial charge in [-0.3, -0.25) is 0 Å². The van der Waals surface area contributed by atoms with E-state index in [-0.39, 0.29) is 22.5 Å². The van der Waals surface area contributed by atoms with Gasteiger partial charge in [-0.1, -0.05) is 141 Å². The van der Waals surface area contributed by atoms with E-state index in [0.29, 0.717) is 0 Å². The minimum absolute atomic E-state index is 0.0590. The van der Waals surface area contributed by atoms with Crippen molar-refractivity contribution in [3.8, 4) is 42.4 Å². The Hall–Kier alpha value is -4.82. The highest BCUT2D eigenvalue weighted by atomic mass is 32.1. The van der Waals surface area contributed by atoms with Crippen LogP contribution in [-0.4, -0.2) is 13.2 Å². The van der Waals surface area contributed by atoms with Crippen LogP contribution in [0.25, 0.3) is 51.8 Å². The summed E-state index contributed by atoms with van der Waals surface area (Å²) in [7, 11) is 0. The molecule has 0 saturated carbocycles. The summed E-state index contributed by atoms with van der Waals surface area (Å²) in [5, 5.41) is 0. The van der Waals surface area contributed by atoms with Gasteiger partial charge in [-0.2, -0.15) is 0 Å². The Morgan fingerprint density at radius 3 is 1.67 bits per heavy atom. The average Bonchev–Trinajstić information content (AvgIpc) is 4.10. The third-order valence-electron chi connectivity index (χ3n) is 14.1. The number of ether oxygens (including phenoxy) is 2. The lowest BCUT2D eigenvalue weighted by Gasteiger charge is -2.34. The van der Waals surface area contributed by atoms with E-state index < -0.39 is 0 Å². The van der Waals surface area contributed by atoms with Crippen LogP contribution in [-0.2, 0) is 26.7 Å². The maximum absolute atomic E-state index is 6.16. The molecule has 0 bridgehead atoms. The SMILES string of the molecule is CCCCCCc1cc(-c2cc3sc(C4OCC(C)(C)CO4)cc3s2)sc1-c1ccc(N(c2ccc3c(c2)C(C)(C)c2ccccc2-3)c2ccc3c(c2)C(C)(C)c2ccccc2-3)cc1. The highest BCUT2D eigenvalue weighted by molar-refractivity contribution is 7.31. The van der Waals surface area contributed by atoms with E-state index in [4.69, 9.17) is 9.47 Å². The highest BCUT2D eigenvalue weighted by Crippen LogP contribution is 2.54. The van der Waals surface area contributed by atoms with Crippen molar-refractivity contribution in [2.24, 2.45) is 5.41 Å². The normalized spacial score (nSPS) is 16.7. The molecule has 1 fully saturated rings. The number of unbranched alkanes of at least 4 members (excludes halogenated alkanes) is 3. The van der Waals surface area contributed by atoms with Gasteiger partial charge in [-0.05, 0) is 123 Å². The molecule has 0 unspecified atom stereocenters. The molecule has 64 heavy (non-hydrogen) atoms. The lowest BCUT2D eigenvalue weighted by molar-refractivity contribution is -0.224. The molecule has 3 aliphatic rings. The Morgan fingerprint density at radius 2 is 1.08 bits per heavy atom. The second kappa shape index (κ2) is 16.0. The molecule has 6 heteroatoms. The topological polar surface area (TPSA) is 21.7 Å². The Kier molecular flexibility index (Phi) is 10.4. The van der Waals surface area contributed by atoms with Gasteiger partial charge in [0.25, 0.3) is 0 Å². The molecule has 3 aromatic heterocycles. The zero-order valence-electron chi connectivity index (χ0n) is 38.1. The van der Waals surface area contributed by atoms with Gasteiger partial charge in [0.15, 0.2) is 6.29 Å². The lowest BCUT2D eigenvalue weighted by Crippen LogP contribution is -2.33. The average molecular weight is 896 g/mol. The van der Waals surface area contributed by atoms with Crippen LogP contribution >= 0.6 is 34.0 Å². The number of rotatable bonds is 11. The number of aryl methyl sites for hydroxylation is 1. The fourth-order valence-corrected chi connectivity index (χ4v) is 14.2. The van der Waals surface area contributed by atoms with Crippen LogP contribution < -0.4 is 4.90 Å². The molecule has 5 aromatic carbocycles. The maximum atomic E-state index is 6.16. The number of benzene rings is 5. The quantitative estimate of drug-likeness (QED) is 0.121. The fraction of sp³-hybridized carbons (Fsp3) is 0.310. The van der Waals surface area contributed by atoms with Crippen LogP contribution in [0.5, 0.6) is 0 Å². The maximum Gasteiger partial charge on any atom is 0.193 e. The predicted octanol–water partition coefficient (Wildman–Crippen LogP) is 17.6. The molecular formula is C58H57NO2S3. The first kappa shape index (κ1) is 41.9. The van der Waals surface area contributed by atoms with Crippen molar-refractivity contribution in [1.82, 2.24) is 0 Å². The van der Waals surface area contributed by atoms with Crippen molar-refractivity contribution >= 4 is 60.5 Å². The minimum Gasteiger partial charge on any atom is -0.347 e. The smallest absolute Gasteiger partial charge is 0.193 e. The van der Waals surface area contributed by atoms with Gasteiger partial charge in [0.1, 0.15) is 0 Å². The van der Waals surface area contributed by atoms with Crippen molar-refractivity contribution in [3.63, 3.8) is 0 Å². The zero-order chi connectivity index (χ0) is 44.0. The molecule has 11 rings (SSSR count). The molecular weight excluding hydrogens is 839 g/mol. The number of thiophene rings is 3. The van der Waals surface area contributed by atoms with Gasteiger partial charge in [-0.25, -0.2) is 0 Å². The van der Waals surface area contributed by atoms with Crippen LogP contribution in [0.1, 0.15) is 113 Å². The van der Waals surface area contributed by atoms with Gasteiger partial charge >= 0.3 is 0 Å². The predicted molar refractivity (Wildman–Crippen MR) is 275 cm³/mol. The summed E-state index contributed by atoms with van der Waals surface area (Å²) in [6, 6.07) is 48.8. The largest absolute Gasteiger partial charge is 0.347 e. The first-order valence-electron chi connectivity index (χ1n) is 23.2. The summed E-state index contributed by atoms with van der Waals surface area (Å²) in [5.74, 6) is 0. The van der Waals surface area contributed by atoms with E-state index in [1.54, 1.807) is 0 Å².